The molecule has 0 radical (unpaired) electrons. The Morgan fingerprint density at radius 2 is 2.22 bits per heavy atom. The summed E-state index contributed by atoms with van der Waals surface area (Å²) in [5, 5.41) is 4.48. The fourth-order valence-corrected chi connectivity index (χ4v) is 6.04. The van der Waals surface area contributed by atoms with E-state index in [1.807, 2.05) is 13.8 Å². The second-order valence-electron chi connectivity index (χ2n) is 7.52. The number of rotatable bonds is 7. The lowest BCUT2D eigenvalue weighted by atomic mass is 9.89. The van der Waals surface area contributed by atoms with Gasteiger partial charge in [-0.1, -0.05) is 32.0 Å². The standard InChI is InChI=1S/C20H29N3O2S2/c1-5-7-13(4)21-16(24)11-26-20-22-18-17(19(25)23(20)6-2)14-9-8-12(3)10-15(14)27-18/h12-13H,5-11H2,1-4H3,(H,21,24)/t12-,13-/m0/s1. The third kappa shape index (κ3) is 4.40. The zero-order valence-corrected chi connectivity index (χ0v) is 18.3. The van der Waals surface area contributed by atoms with Crippen molar-refractivity contribution in [2.75, 3.05) is 5.75 Å². The third-order valence-electron chi connectivity index (χ3n) is 5.16. The average Bonchev–Trinajstić information content (AvgIpc) is 2.97. The summed E-state index contributed by atoms with van der Waals surface area (Å²) in [5.74, 6) is 0.951. The van der Waals surface area contributed by atoms with Gasteiger partial charge in [-0.2, -0.15) is 0 Å². The molecule has 7 heteroatoms. The number of amides is 1. The van der Waals surface area contributed by atoms with E-state index in [1.165, 1.54) is 22.2 Å². The van der Waals surface area contributed by atoms with Crippen molar-refractivity contribution >= 4 is 39.2 Å². The van der Waals surface area contributed by atoms with E-state index in [4.69, 9.17) is 4.98 Å². The van der Waals surface area contributed by atoms with Gasteiger partial charge in [-0.05, 0) is 51.0 Å². The monoisotopic (exact) mass is 407 g/mol. The molecule has 0 unspecified atom stereocenters. The number of fused-ring (bicyclic) bond motifs is 3. The maximum atomic E-state index is 13.1. The summed E-state index contributed by atoms with van der Waals surface area (Å²) >= 11 is 3.03. The van der Waals surface area contributed by atoms with Crippen LogP contribution in [0.15, 0.2) is 9.95 Å². The summed E-state index contributed by atoms with van der Waals surface area (Å²) in [4.78, 5) is 32.3. The van der Waals surface area contributed by atoms with Gasteiger partial charge in [0.1, 0.15) is 4.83 Å². The van der Waals surface area contributed by atoms with Crippen LogP contribution in [-0.4, -0.2) is 27.3 Å². The SMILES string of the molecule is CCC[C@H](C)NC(=O)CSc1nc2sc3c(c2c(=O)n1CC)CC[C@H](C)C3. The fraction of sp³-hybridized carbons (Fsp3) is 0.650. The van der Waals surface area contributed by atoms with Gasteiger partial charge in [-0.3, -0.25) is 14.2 Å². The van der Waals surface area contributed by atoms with Gasteiger partial charge >= 0.3 is 0 Å². The normalized spacial score (nSPS) is 17.7. The summed E-state index contributed by atoms with van der Waals surface area (Å²) in [7, 11) is 0. The van der Waals surface area contributed by atoms with Crippen molar-refractivity contribution in [3.8, 4) is 0 Å². The molecule has 27 heavy (non-hydrogen) atoms. The lowest BCUT2D eigenvalue weighted by Crippen LogP contribution is -2.34. The van der Waals surface area contributed by atoms with E-state index >= 15 is 0 Å². The highest BCUT2D eigenvalue weighted by molar-refractivity contribution is 7.99. The van der Waals surface area contributed by atoms with Gasteiger partial charge in [0, 0.05) is 17.5 Å². The highest BCUT2D eigenvalue weighted by Gasteiger charge is 2.24. The molecule has 5 nitrogen and oxygen atoms in total. The molecule has 1 aliphatic carbocycles. The van der Waals surface area contributed by atoms with Crippen molar-refractivity contribution in [3.63, 3.8) is 0 Å². The zero-order valence-electron chi connectivity index (χ0n) is 16.6. The maximum Gasteiger partial charge on any atom is 0.263 e. The number of nitrogens with one attached hydrogen (secondary N) is 1. The molecule has 0 bridgehead atoms. The molecule has 3 rings (SSSR count). The topological polar surface area (TPSA) is 64.0 Å². The Hall–Kier alpha value is -1.34. The first-order valence-electron chi connectivity index (χ1n) is 9.91. The van der Waals surface area contributed by atoms with E-state index in [0.717, 1.165) is 42.3 Å². The van der Waals surface area contributed by atoms with Crippen LogP contribution in [0.4, 0.5) is 0 Å². The second-order valence-corrected chi connectivity index (χ2v) is 9.55. The molecule has 2 atom stereocenters. The number of hydrogen-bond donors (Lipinski definition) is 1. The Labute approximate surface area is 169 Å². The second kappa shape index (κ2) is 8.78. The van der Waals surface area contributed by atoms with Gasteiger partial charge in [-0.15, -0.1) is 11.3 Å². The number of carbonyl (C=O) groups excluding carboxylic acids is 1. The van der Waals surface area contributed by atoms with Crippen LogP contribution < -0.4 is 10.9 Å². The quantitative estimate of drug-likeness (QED) is 0.557. The van der Waals surface area contributed by atoms with Crippen LogP contribution in [0.1, 0.15) is 57.4 Å². The predicted molar refractivity (Wildman–Crippen MR) is 114 cm³/mol. The number of aryl methyl sites for hydroxylation is 1. The summed E-state index contributed by atoms with van der Waals surface area (Å²) in [6.07, 6.45) is 5.17. The molecular weight excluding hydrogens is 378 g/mol. The Morgan fingerprint density at radius 1 is 1.44 bits per heavy atom. The van der Waals surface area contributed by atoms with Crippen molar-refractivity contribution in [1.82, 2.24) is 14.9 Å². The van der Waals surface area contributed by atoms with Crippen LogP contribution in [-0.2, 0) is 24.2 Å². The summed E-state index contributed by atoms with van der Waals surface area (Å²) < 4.78 is 1.72. The molecule has 2 heterocycles. The number of nitrogens with zero attached hydrogens (tertiary/aromatic N) is 2. The Bertz CT molecular complexity index is 887. The number of hydrogen-bond acceptors (Lipinski definition) is 5. The first kappa shape index (κ1) is 20.4. The van der Waals surface area contributed by atoms with E-state index in [0.29, 0.717) is 17.6 Å². The molecule has 1 amide bonds. The average molecular weight is 408 g/mol. The lowest BCUT2D eigenvalue weighted by Gasteiger charge is -2.17. The predicted octanol–water partition coefficient (Wildman–Crippen LogP) is 4.00. The first-order chi connectivity index (χ1) is 12.9. The summed E-state index contributed by atoms with van der Waals surface area (Å²) in [5.41, 5.74) is 1.27. The minimum atomic E-state index is -0.00255. The zero-order chi connectivity index (χ0) is 19.6. The van der Waals surface area contributed by atoms with Crippen molar-refractivity contribution in [2.45, 2.75) is 77.5 Å². The molecule has 1 N–H and O–H groups in total. The van der Waals surface area contributed by atoms with Gasteiger partial charge in [0.2, 0.25) is 5.91 Å². The molecule has 2 aromatic heterocycles. The van der Waals surface area contributed by atoms with E-state index < -0.39 is 0 Å². The minimum Gasteiger partial charge on any atom is -0.353 e. The van der Waals surface area contributed by atoms with E-state index in [1.54, 1.807) is 15.9 Å². The highest BCUT2D eigenvalue weighted by atomic mass is 32.2. The van der Waals surface area contributed by atoms with Gasteiger partial charge in [0.05, 0.1) is 11.1 Å². The molecule has 1 aliphatic rings. The van der Waals surface area contributed by atoms with Crippen molar-refractivity contribution in [1.29, 1.82) is 0 Å². The Kier molecular flexibility index (Phi) is 6.63. The lowest BCUT2D eigenvalue weighted by molar-refractivity contribution is -0.119. The van der Waals surface area contributed by atoms with Crippen molar-refractivity contribution in [2.24, 2.45) is 5.92 Å². The van der Waals surface area contributed by atoms with E-state index in [9.17, 15) is 9.59 Å². The number of carbonyl (C=O) groups is 1. The van der Waals surface area contributed by atoms with E-state index in [-0.39, 0.29) is 23.3 Å². The minimum absolute atomic E-state index is 0.00255. The smallest absolute Gasteiger partial charge is 0.263 e. The van der Waals surface area contributed by atoms with Gasteiger partial charge in [0.15, 0.2) is 5.16 Å². The van der Waals surface area contributed by atoms with Crippen LogP contribution in [0.5, 0.6) is 0 Å². The van der Waals surface area contributed by atoms with E-state index in [2.05, 4.69) is 19.2 Å². The first-order valence-corrected chi connectivity index (χ1v) is 11.7. The van der Waals surface area contributed by atoms with Crippen molar-refractivity contribution < 1.29 is 4.79 Å². The maximum absolute atomic E-state index is 13.1. The number of thioether (sulfide) groups is 1. The third-order valence-corrected chi connectivity index (χ3v) is 7.28. The molecule has 0 fully saturated rings. The largest absolute Gasteiger partial charge is 0.353 e. The molecule has 148 valence electrons. The number of aromatic nitrogens is 2. The van der Waals surface area contributed by atoms with Gasteiger partial charge in [0.25, 0.3) is 5.56 Å². The summed E-state index contributed by atoms with van der Waals surface area (Å²) in [6, 6.07) is 0.179. The van der Waals surface area contributed by atoms with Gasteiger partial charge < -0.3 is 5.32 Å². The Morgan fingerprint density at radius 3 is 2.93 bits per heavy atom. The molecule has 0 aliphatic heterocycles. The number of thiophene rings is 1. The summed E-state index contributed by atoms with van der Waals surface area (Å²) in [6.45, 7) is 8.93. The fourth-order valence-electron chi connectivity index (χ4n) is 3.75. The molecule has 0 spiro atoms. The Balaban J connectivity index is 1.85. The van der Waals surface area contributed by atoms with Crippen LogP contribution in [0, 0.1) is 5.92 Å². The molecule has 0 aromatic carbocycles. The molecular formula is C20H29N3O2S2. The van der Waals surface area contributed by atoms with Gasteiger partial charge in [-0.25, -0.2) is 4.98 Å². The van der Waals surface area contributed by atoms with Crippen LogP contribution in [0.25, 0.3) is 10.2 Å². The molecule has 2 aromatic rings. The van der Waals surface area contributed by atoms with Crippen LogP contribution in [0.3, 0.4) is 0 Å². The van der Waals surface area contributed by atoms with Crippen molar-refractivity contribution in [3.05, 3.63) is 20.8 Å². The molecule has 0 saturated heterocycles. The van der Waals surface area contributed by atoms with Crippen LogP contribution in [0.2, 0.25) is 0 Å². The van der Waals surface area contributed by atoms with Crippen LogP contribution >= 0.6 is 23.1 Å². The molecule has 0 saturated carbocycles. The highest BCUT2D eigenvalue weighted by Crippen LogP contribution is 2.36.